The van der Waals surface area contributed by atoms with Gasteiger partial charge in [-0.25, -0.2) is 4.68 Å². The Labute approximate surface area is 98.1 Å². The van der Waals surface area contributed by atoms with E-state index in [0.717, 1.165) is 23.1 Å². The van der Waals surface area contributed by atoms with Crippen LogP contribution in [0.2, 0.25) is 0 Å². The highest BCUT2D eigenvalue weighted by Crippen LogP contribution is 2.12. The van der Waals surface area contributed by atoms with E-state index < -0.39 is 0 Å². The number of aryl methyl sites for hydroxylation is 2. The molecule has 0 saturated heterocycles. The Morgan fingerprint density at radius 1 is 1.27 bits per heavy atom. The summed E-state index contributed by atoms with van der Waals surface area (Å²) in [5.74, 6) is 0. The number of hydrogen-bond acceptors (Lipinski definition) is 1. The lowest BCUT2D eigenvalue weighted by molar-refractivity contribution is 0.820. The van der Waals surface area contributed by atoms with E-state index in [2.05, 4.69) is 46.2 Å². The second-order valence-corrected chi connectivity index (χ2v) is 4.26. The molecule has 0 unspecified atom stereocenters. The summed E-state index contributed by atoms with van der Waals surface area (Å²) >= 11 is 3.43. The molecule has 1 aromatic heterocycles. The fourth-order valence-electron chi connectivity index (χ4n) is 1.59. The molecular weight excluding hydrogens is 252 g/mol. The van der Waals surface area contributed by atoms with Crippen LogP contribution in [0.25, 0.3) is 5.69 Å². The molecular formula is C12H13BrN2. The molecule has 1 aromatic carbocycles. The highest BCUT2D eigenvalue weighted by molar-refractivity contribution is 9.09. The number of alkyl halides is 1. The van der Waals surface area contributed by atoms with E-state index in [4.69, 9.17) is 0 Å². The van der Waals surface area contributed by atoms with Gasteiger partial charge in [-0.05, 0) is 25.1 Å². The van der Waals surface area contributed by atoms with E-state index in [1.807, 2.05) is 22.9 Å². The zero-order valence-electron chi connectivity index (χ0n) is 8.65. The molecule has 78 valence electrons. The largest absolute Gasteiger partial charge is 0.238 e. The molecule has 0 saturated carbocycles. The zero-order valence-corrected chi connectivity index (χ0v) is 10.2. The van der Waals surface area contributed by atoms with E-state index in [1.54, 1.807) is 0 Å². The Kier molecular flexibility index (Phi) is 3.21. The second-order valence-electron chi connectivity index (χ2n) is 3.46. The van der Waals surface area contributed by atoms with Gasteiger partial charge in [-0.2, -0.15) is 5.10 Å². The summed E-state index contributed by atoms with van der Waals surface area (Å²) in [6.07, 6.45) is 0.973. The lowest BCUT2D eigenvalue weighted by atomic mass is 10.3. The van der Waals surface area contributed by atoms with Crippen LogP contribution in [0, 0.1) is 6.92 Å². The van der Waals surface area contributed by atoms with Crippen molar-refractivity contribution in [3.05, 3.63) is 47.8 Å². The van der Waals surface area contributed by atoms with Crippen molar-refractivity contribution in [2.75, 3.05) is 5.33 Å². The van der Waals surface area contributed by atoms with Crippen molar-refractivity contribution >= 4 is 15.9 Å². The van der Waals surface area contributed by atoms with E-state index in [0.29, 0.717) is 0 Å². The Morgan fingerprint density at radius 3 is 2.67 bits per heavy atom. The first-order chi connectivity index (χ1) is 7.31. The number of nitrogens with zero attached hydrogens (tertiary/aromatic N) is 2. The summed E-state index contributed by atoms with van der Waals surface area (Å²) in [6.45, 7) is 2.08. The lowest BCUT2D eigenvalue weighted by Gasteiger charge is -2.02. The molecule has 0 aliphatic heterocycles. The normalized spacial score (nSPS) is 10.5. The minimum absolute atomic E-state index is 0.957. The van der Waals surface area contributed by atoms with E-state index >= 15 is 0 Å². The van der Waals surface area contributed by atoms with Gasteiger partial charge in [-0.1, -0.05) is 34.1 Å². The monoisotopic (exact) mass is 264 g/mol. The van der Waals surface area contributed by atoms with Crippen molar-refractivity contribution in [2.24, 2.45) is 0 Å². The molecule has 0 amide bonds. The Morgan fingerprint density at radius 2 is 2.00 bits per heavy atom. The van der Waals surface area contributed by atoms with E-state index in [-0.39, 0.29) is 0 Å². The lowest BCUT2D eigenvalue weighted by Crippen LogP contribution is -1.99. The number of para-hydroxylation sites is 1. The van der Waals surface area contributed by atoms with Gasteiger partial charge in [0.25, 0.3) is 0 Å². The highest BCUT2D eigenvalue weighted by atomic mass is 79.9. The standard InChI is InChI=1S/C12H13BrN2/c1-10-9-11(7-8-13)14-15(10)12-5-3-2-4-6-12/h2-6,9H,7-8H2,1H3. The summed E-state index contributed by atoms with van der Waals surface area (Å²) in [7, 11) is 0. The van der Waals surface area contributed by atoms with Crippen molar-refractivity contribution in [2.45, 2.75) is 13.3 Å². The molecule has 0 radical (unpaired) electrons. The molecule has 1 heterocycles. The van der Waals surface area contributed by atoms with E-state index in [1.165, 1.54) is 5.69 Å². The topological polar surface area (TPSA) is 17.8 Å². The molecule has 0 N–H and O–H groups in total. The number of aromatic nitrogens is 2. The average Bonchev–Trinajstić information content (AvgIpc) is 2.61. The van der Waals surface area contributed by atoms with Crippen molar-refractivity contribution in [1.29, 1.82) is 0 Å². The van der Waals surface area contributed by atoms with Crippen LogP contribution in [-0.4, -0.2) is 15.1 Å². The van der Waals surface area contributed by atoms with Gasteiger partial charge >= 0.3 is 0 Å². The Balaban J connectivity index is 2.36. The molecule has 0 spiro atoms. The maximum absolute atomic E-state index is 4.56. The molecule has 2 nitrogen and oxygen atoms in total. The summed E-state index contributed by atoms with van der Waals surface area (Å²) < 4.78 is 1.98. The smallest absolute Gasteiger partial charge is 0.0648 e. The third-order valence-corrected chi connectivity index (χ3v) is 2.69. The quantitative estimate of drug-likeness (QED) is 0.780. The van der Waals surface area contributed by atoms with E-state index in [9.17, 15) is 0 Å². The molecule has 3 heteroatoms. The summed E-state index contributed by atoms with van der Waals surface area (Å²) in [4.78, 5) is 0. The van der Waals surface area contributed by atoms with Crippen molar-refractivity contribution in [3.8, 4) is 5.69 Å². The van der Waals surface area contributed by atoms with Crippen LogP contribution < -0.4 is 0 Å². The molecule has 2 rings (SSSR count). The Bertz CT molecular complexity index is 434. The molecule has 2 aromatic rings. The molecule has 0 aliphatic rings. The third-order valence-electron chi connectivity index (χ3n) is 2.29. The van der Waals surface area contributed by atoms with Crippen molar-refractivity contribution in [3.63, 3.8) is 0 Å². The summed E-state index contributed by atoms with van der Waals surface area (Å²) in [6, 6.07) is 12.3. The number of benzene rings is 1. The van der Waals surface area contributed by atoms with Crippen molar-refractivity contribution < 1.29 is 0 Å². The van der Waals surface area contributed by atoms with Crippen LogP contribution in [0.5, 0.6) is 0 Å². The summed E-state index contributed by atoms with van der Waals surface area (Å²) in [5, 5.41) is 5.51. The van der Waals surface area contributed by atoms with Gasteiger partial charge in [0, 0.05) is 17.4 Å². The molecule has 15 heavy (non-hydrogen) atoms. The fourth-order valence-corrected chi connectivity index (χ4v) is 1.99. The number of halogens is 1. The van der Waals surface area contributed by atoms with Gasteiger partial charge in [-0.15, -0.1) is 0 Å². The molecule has 0 aliphatic carbocycles. The first-order valence-electron chi connectivity index (χ1n) is 4.98. The van der Waals surface area contributed by atoms with Gasteiger partial charge in [0.1, 0.15) is 0 Å². The first-order valence-corrected chi connectivity index (χ1v) is 6.10. The number of hydrogen-bond donors (Lipinski definition) is 0. The maximum atomic E-state index is 4.56. The van der Waals surface area contributed by atoms with Gasteiger partial charge in [0.2, 0.25) is 0 Å². The molecule has 0 atom stereocenters. The van der Waals surface area contributed by atoms with Gasteiger partial charge < -0.3 is 0 Å². The van der Waals surface area contributed by atoms with Crippen molar-refractivity contribution in [1.82, 2.24) is 9.78 Å². The SMILES string of the molecule is Cc1cc(CCBr)nn1-c1ccccc1. The highest BCUT2D eigenvalue weighted by Gasteiger charge is 2.04. The Hall–Kier alpha value is -1.09. The van der Waals surface area contributed by atoms with Crippen LogP contribution in [0.15, 0.2) is 36.4 Å². The average molecular weight is 265 g/mol. The van der Waals surface area contributed by atoms with Crippen LogP contribution in [0.4, 0.5) is 0 Å². The number of rotatable bonds is 3. The van der Waals surface area contributed by atoms with Crippen LogP contribution >= 0.6 is 15.9 Å². The van der Waals surface area contributed by atoms with Gasteiger partial charge in [0.05, 0.1) is 11.4 Å². The minimum atomic E-state index is 0.957. The first kappa shape index (κ1) is 10.4. The van der Waals surface area contributed by atoms with Gasteiger partial charge in [-0.3, -0.25) is 0 Å². The predicted molar refractivity (Wildman–Crippen MR) is 65.8 cm³/mol. The van der Waals surface area contributed by atoms with Crippen LogP contribution in [0.3, 0.4) is 0 Å². The zero-order chi connectivity index (χ0) is 10.7. The predicted octanol–water partition coefficient (Wildman–Crippen LogP) is 3.12. The van der Waals surface area contributed by atoms with Crippen LogP contribution in [0.1, 0.15) is 11.4 Å². The maximum Gasteiger partial charge on any atom is 0.0648 e. The third kappa shape index (κ3) is 2.29. The van der Waals surface area contributed by atoms with Gasteiger partial charge in [0.15, 0.2) is 0 Å². The second kappa shape index (κ2) is 4.62. The molecule has 0 fully saturated rings. The molecule has 0 bridgehead atoms. The minimum Gasteiger partial charge on any atom is -0.238 e. The van der Waals surface area contributed by atoms with Crippen LogP contribution in [-0.2, 0) is 6.42 Å². The summed E-state index contributed by atoms with van der Waals surface area (Å²) in [5.41, 5.74) is 3.43. The fraction of sp³-hybridized carbons (Fsp3) is 0.250.